The fourth-order valence-electron chi connectivity index (χ4n) is 3.63. The number of hydrogen-bond acceptors (Lipinski definition) is 4. The van der Waals surface area contributed by atoms with Gasteiger partial charge in [0.2, 0.25) is 5.91 Å². The number of halogens is 1. The average molecular weight is 416 g/mol. The molecule has 2 N–H and O–H groups in total. The fourth-order valence-corrected chi connectivity index (χ4v) is 5.03. The van der Waals surface area contributed by atoms with Crippen molar-refractivity contribution in [1.82, 2.24) is 15.3 Å². The lowest BCUT2D eigenvalue weighted by atomic mass is 10.1. The second-order valence-electron chi connectivity index (χ2n) is 7.16. The maximum atomic E-state index is 12.6. The van der Waals surface area contributed by atoms with Gasteiger partial charge in [0.25, 0.3) is 5.56 Å². The summed E-state index contributed by atoms with van der Waals surface area (Å²) in [5.41, 5.74) is 2.12. The third kappa shape index (κ3) is 4.28. The number of nitrogens with one attached hydrogen (secondary N) is 2. The monoisotopic (exact) mass is 415 g/mol. The molecule has 5 nitrogen and oxygen atoms in total. The van der Waals surface area contributed by atoms with Crippen molar-refractivity contribution in [3.05, 3.63) is 61.5 Å². The summed E-state index contributed by atoms with van der Waals surface area (Å²) in [4.78, 5) is 34.4. The smallest absolute Gasteiger partial charge is 0.259 e. The van der Waals surface area contributed by atoms with Gasteiger partial charge >= 0.3 is 0 Å². The van der Waals surface area contributed by atoms with Gasteiger partial charge in [-0.15, -0.1) is 11.3 Å². The Morgan fingerprint density at radius 1 is 1.18 bits per heavy atom. The fraction of sp³-hybridized carbons (Fsp3) is 0.381. The molecule has 0 saturated heterocycles. The number of hydrogen-bond donors (Lipinski definition) is 2. The lowest BCUT2D eigenvalue weighted by Crippen LogP contribution is -2.23. The summed E-state index contributed by atoms with van der Waals surface area (Å²) < 4.78 is 0. The van der Waals surface area contributed by atoms with Gasteiger partial charge in [-0.25, -0.2) is 4.98 Å². The maximum Gasteiger partial charge on any atom is 0.259 e. The molecular formula is C21H22ClN3O2S. The van der Waals surface area contributed by atoms with Gasteiger partial charge in [-0.3, -0.25) is 9.59 Å². The van der Waals surface area contributed by atoms with Crippen LogP contribution >= 0.6 is 22.9 Å². The molecule has 4 rings (SSSR count). The van der Waals surface area contributed by atoms with E-state index in [1.165, 1.54) is 23.3 Å². The summed E-state index contributed by atoms with van der Waals surface area (Å²) in [7, 11) is 0. The first-order valence-corrected chi connectivity index (χ1v) is 10.8. The Bertz CT molecular complexity index is 1060. The van der Waals surface area contributed by atoms with Gasteiger partial charge in [-0.05, 0) is 48.9 Å². The molecule has 3 aromatic rings. The molecular weight excluding hydrogens is 394 g/mol. The first-order chi connectivity index (χ1) is 13.6. The zero-order chi connectivity index (χ0) is 19.5. The van der Waals surface area contributed by atoms with Gasteiger partial charge in [0.05, 0.1) is 5.39 Å². The van der Waals surface area contributed by atoms with E-state index in [0.717, 1.165) is 35.0 Å². The molecule has 28 heavy (non-hydrogen) atoms. The Kier molecular flexibility index (Phi) is 5.78. The van der Waals surface area contributed by atoms with Crippen molar-refractivity contribution in [3.8, 4) is 0 Å². The Balaban J connectivity index is 1.41. The van der Waals surface area contributed by atoms with E-state index in [2.05, 4.69) is 15.3 Å². The van der Waals surface area contributed by atoms with Gasteiger partial charge in [0, 0.05) is 29.3 Å². The molecule has 146 valence electrons. The van der Waals surface area contributed by atoms with E-state index in [1.807, 2.05) is 12.1 Å². The van der Waals surface area contributed by atoms with E-state index in [-0.39, 0.29) is 17.9 Å². The summed E-state index contributed by atoms with van der Waals surface area (Å²) >= 11 is 7.51. The van der Waals surface area contributed by atoms with Crippen molar-refractivity contribution in [3.63, 3.8) is 0 Å². The van der Waals surface area contributed by atoms with E-state index >= 15 is 0 Å². The van der Waals surface area contributed by atoms with Crippen LogP contribution in [0.2, 0.25) is 5.02 Å². The first kappa shape index (κ1) is 19.2. The molecule has 1 amide bonds. The summed E-state index contributed by atoms with van der Waals surface area (Å²) in [5.74, 6) is 0.509. The number of aromatic amines is 1. The molecule has 0 spiro atoms. The molecule has 0 aliphatic heterocycles. The quantitative estimate of drug-likeness (QED) is 0.614. The number of aromatic nitrogens is 2. The standard InChI is InChI=1S/C21H22ClN3O2S/c22-14-8-6-13(7-9-14)12-23-18(26)11-10-17-24-20(27)19-15-4-2-1-3-5-16(15)28-21(19)25-17/h6-9H,1-5,10-12H2,(H,23,26)(H,24,25,27). The Labute approximate surface area is 172 Å². The van der Waals surface area contributed by atoms with Gasteiger partial charge in [0.1, 0.15) is 10.7 Å². The number of nitrogens with zero attached hydrogens (tertiary/aromatic N) is 1. The Morgan fingerprint density at radius 2 is 1.96 bits per heavy atom. The number of amides is 1. The van der Waals surface area contributed by atoms with Crippen LogP contribution in [0.3, 0.4) is 0 Å². The third-order valence-electron chi connectivity index (χ3n) is 5.12. The molecule has 0 radical (unpaired) electrons. The van der Waals surface area contributed by atoms with Crippen LogP contribution in [0.25, 0.3) is 10.2 Å². The first-order valence-electron chi connectivity index (χ1n) is 9.65. The predicted octanol–water partition coefficient (Wildman–Crippen LogP) is 4.16. The molecule has 2 aromatic heterocycles. The van der Waals surface area contributed by atoms with E-state index in [9.17, 15) is 9.59 Å². The van der Waals surface area contributed by atoms with Crippen molar-refractivity contribution in [2.75, 3.05) is 0 Å². The molecule has 1 aliphatic rings. The van der Waals surface area contributed by atoms with Crippen LogP contribution in [-0.2, 0) is 30.6 Å². The highest BCUT2D eigenvalue weighted by Crippen LogP contribution is 2.32. The third-order valence-corrected chi connectivity index (χ3v) is 6.55. The van der Waals surface area contributed by atoms with E-state index in [0.29, 0.717) is 23.8 Å². The zero-order valence-corrected chi connectivity index (χ0v) is 17.1. The summed E-state index contributed by atoms with van der Waals surface area (Å²) in [6.07, 6.45) is 6.24. The molecule has 0 unspecified atom stereocenters. The van der Waals surface area contributed by atoms with Crippen LogP contribution in [0.4, 0.5) is 0 Å². The SMILES string of the molecule is O=C(CCc1nc2sc3c(c2c(=O)[nH]1)CCCCC3)NCc1ccc(Cl)cc1. The van der Waals surface area contributed by atoms with Crippen molar-refractivity contribution in [2.45, 2.75) is 51.5 Å². The number of H-pyrrole nitrogens is 1. The number of carbonyl (C=O) groups is 1. The van der Waals surface area contributed by atoms with Crippen molar-refractivity contribution < 1.29 is 4.79 Å². The molecule has 1 aromatic carbocycles. The van der Waals surface area contributed by atoms with Crippen LogP contribution in [-0.4, -0.2) is 15.9 Å². The second-order valence-corrected chi connectivity index (χ2v) is 8.68. The number of carbonyl (C=O) groups excluding carboxylic acids is 1. The molecule has 0 atom stereocenters. The minimum atomic E-state index is -0.0698. The number of thiophene rings is 1. The second kappa shape index (κ2) is 8.45. The van der Waals surface area contributed by atoms with Gasteiger partial charge in [-0.2, -0.15) is 0 Å². The maximum absolute atomic E-state index is 12.6. The lowest BCUT2D eigenvalue weighted by molar-refractivity contribution is -0.121. The molecule has 7 heteroatoms. The zero-order valence-electron chi connectivity index (χ0n) is 15.5. The molecule has 0 saturated carbocycles. The highest BCUT2D eigenvalue weighted by atomic mass is 35.5. The van der Waals surface area contributed by atoms with Gasteiger partial charge < -0.3 is 10.3 Å². The average Bonchev–Trinajstić information content (AvgIpc) is 2.88. The molecule has 2 heterocycles. The van der Waals surface area contributed by atoms with E-state index in [4.69, 9.17) is 11.6 Å². The van der Waals surface area contributed by atoms with Crippen LogP contribution in [0.15, 0.2) is 29.1 Å². The number of benzene rings is 1. The van der Waals surface area contributed by atoms with Crippen molar-refractivity contribution >= 4 is 39.1 Å². The Morgan fingerprint density at radius 3 is 2.79 bits per heavy atom. The normalized spacial score (nSPS) is 13.9. The predicted molar refractivity (Wildman–Crippen MR) is 113 cm³/mol. The van der Waals surface area contributed by atoms with Crippen LogP contribution in [0, 0.1) is 0 Å². The summed E-state index contributed by atoms with van der Waals surface area (Å²) in [6.45, 7) is 0.455. The molecule has 0 fully saturated rings. The minimum Gasteiger partial charge on any atom is -0.352 e. The van der Waals surface area contributed by atoms with Crippen LogP contribution in [0.1, 0.15) is 47.5 Å². The van der Waals surface area contributed by atoms with E-state index in [1.54, 1.807) is 23.5 Å². The largest absolute Gasteiger partial charge is 0.352 e. The number of rotatable bonds is 5. The van der Waals surface area contributed by atoms with Gasteiger partial charge in [0.15, 0.2) is 0 Å². The Hall–Kier alpha value is -2.18. The van der Waals surface area contributed by atoms with Crippen LogP contribution < -0.4 is 10.9 Å². The topological polar surface area (TPSA) is 74.8 Å². The molecule has 0 bridgehead atoms. The number of fused-ring (bicyclic) bond motifs is 3. The van der Waals surface area contributed by atoms with Crippen molar-refractivity contribution in [2.24, 2.45) is 0 Å². The highest BCUT2D eigenvalue weighted by Gasteiger charge is 2.19. The summed E-state index contributed by atoms with van der Waals surface area (Å²) in [6, 6.07) is 7.37. The van der Waals surface area contributed by atoms with Crippen LogP contribution in [0.5, 0.6) is 0 Å². The van der Waals surface area contributed by atoms with E-state index < -0.39 is 0 Å². The van der Waals surface area contributed by atoms with Crippen molar-refractivity contribution in [1.29, 1.82) is 0 Å². The lowest BCUT2D eigenvalue weighted by Gasteiger charge is -2.06. The van der Waals surface area contributed by atoms with Gasteiger partial charge in [-0.1, -0.05) is 30.2 Å². The highest BCUT2D eigenvalue weighted by molar-refractivity contribution is 7.18. The minimum absolute atomic E-state index is 0.0685. The number of aryl methyl sites for hydroxylation is 3. The summed E-state index contributed by atoms with van der Waals surface area (Å²) in [5, 5.41) is 4.32. The molecule has 1 aliphatic carbocycles.